The first-order valence-corrected chi connectivity index (χ1v) is 5.34. The van der Waals surface area contributed by atoms with Gasteiger partial charge in [0.15, 0.2) is 0 Å². The van der Waals surface area contributed by atoms with Gasteiger partial charge in [-0.25, -0.2) is 9.97 Å². The van der Waals surface area contributed by atoms with Crippen molar-refractivity contribution in [3.8, 4) is 0 Å². The molecule has 0 spiro atoms. The summed E-state index contributed by atoms with van der Waals surface area (Å²) in [5.41, 5.74) is 5.76. The Morgan fingerprint density at radius 2 is 2.27 bits per heavy atom. The van der Waals surface area contributed by atoms with Crippen molar-refractivity contribution < 1.29 is 0 Å². The predicted octanol–water partition coefficient (Wildman–Crippen LogP) is 1.65. The van der Waals surface area contributed by atoms with Crippen LogP contribution in [-0.4, -0.2) is 23.1 Å². The summed E-state index contributed by atoms with van der Waals surface area (Å²) in [5, 5.41) is 3.30. The van der Waals surface area contributed by atoms with Crippen LogP contribution in [0.5, 0.6) is 0 Å². The van der Waals surface area contributed by atoms with Gasteiger partial charge in [0.25, 0.3) is 0 Å². The monoisotopic (exact) mass is 208 g/mol. The van der Waals surface area contributed by atoms with Gasteiger partial charge in [-0.05, 0) is 30.9 Å². The van der Waals surface area contributed by atoms with Crippen LogP contribution in [0, 0.1) is 5.41 Å². The van der Waals surface area contributed by atoms with E-state index in [-0.39, 0.29) is 5.41 Å². The molecule has 0 radical (unpaired) electrons. The highest BCUT2D eigenvalue weighted by Gasteiger charge is 2.16. The Balaban J connectivity index is 2.35. The highest BCUT2D eigenvalue weighted by molar-refractivity contribution is 5.31. The highest BCUT2D eigenvalue weighted by Crippen LogP contribution is 2.22. The third-order valence-corrected chi connectivity index (χ3v) is 2.39. The van der Waals surface area contributed by atoms with E-state index in [1.54, 1.807) is 12.5 Å². The minimum Gasteiger partial charge on any atom is -0.369 e. The van der Waals surface area contributed by atoms with Crippen LogP contribution in [0.3, 0.4) is 0 Å². The van der Waals surface area contributed by atoms with Crippen molar-refractivity contribution in [2.75, 3.05) is 18.4 Å². The highest BCUT2D eigenvalue weighted by atomic mass is 15.0. The van der Waals surface area contributed by atoms with E-state index in [4.69, 9.17) is 5.73 Å². The molecule has 0 unspecified atom stereocenters. The summed E-state index contributed by atoms with van der Waals surface area (Å²) in [6.45, 7) is 6.13. The van der Waals surface area contributed by atoms with Crippen LogP contribution >= 0.6 is 0 Å². The Kier molecular flexibility index (Phi) is 4.49. The lowest BCUT2D eigenvalue weighted by molar-refractivity contribution is 0.350. The average Bonchev–Trinajstić information content (AvgIpc) is 2.25. The van der Waals surface area contributed by atoms with E-state index < -0.39 is 0 Å². The van der Waals surface area contributed by atoms with E-state index in [9.17, 15) is 0 Å². The fraction of sp³-hybridized carbons (Fsp3) is 0.636. The maximum Gasteiger partial charge on any atom is 0.129 e. The quantitative estimate of drug-likeness (QED) is 0.746. The zero-order chi connectivity index (χ0) is 11.1. The standard InChI is InChI=1S/C11H20N4/c1-11(2,5-3-6-12)8-14-10-4-7-13-9-15-10/h4,7,9H,3,5-6,8,12H2,1-2H3,(H,13,14,15). The largest absolute Gasteiger partial charge is 0.369 e. The van der Waals surface area contributed by atoms with Crippen molar-refractivity contribution in [2.45, 2.75) is 26.7 Å². The molecule has 0 saturated carbocycles. The van der Waals surface area contributed by atoms with Crippen LogP contribution in [0.4, 0.5) is 5.82 Å². The molecule has 1 heterocycles. The average molecular weight is 208 g/mol. The Bertz CT molecular complexity index is 271. The van der Waals surface area contributed by atoms with Crippen LogP contribution in [0.1, 0.15) is 26.7 Å². The third kappa shape index (κ3) is 4.74. The number of rotatable bonds is 6. The van der Waals surface area contributed by atoms with Gasteiger partial charge in [-0.3, -0.25) is 0 Å². The second-order valence-corrected chi connectivity index (χ2v) is 4.50. The fourth-order valence-corrected chi connectivity index (χ4v) is 1.39. The minimum absolute atomic E-state index is 0.254. The molecule has 4 heteroatoms. The van der Waals surface area contributed by atoms with Gasteiger partial charge in [-0.1, -0.05) is 13.8 Å². The molecule has 0 aromatic carbocycles. The third-order valence-electron chi connectivity index (χ3n) is 2.39. The molecule has 0 saturated heterocycles. The van der Waals surface area contributed by atoms with Gasteiger partial charge in [-0.15, -0.1) is 0 Å². The Morgan fingerprint density at radius 3 is 2.87 bits per heavy atom. The molecule has 0 bridgehead atoms. The van der Waals surface area contributed by atoms with Crippen LogP contribution in [-0.2, 0) is 0 Å². The smallest absolute Gasteiger partial charge is 0.129 e. The molecule has 1 rings (SSSR count). The molecule has 0 aliphatic heterocycles. The summed E-state index contributed by atoms with van der Waals surface area (Å²) in [6, 6.07) is 1.87. The van der Waals surface area contributed by atoms with E-state index in [1.165, 1.54) is 0 Å². The second kappa shape index (κ2) is 5.66. The lowest BCUT2D eigenvalue weighted by Gasteiger charge is -2.24. The SMILES string of the molecule is CC(C)(CCCN)CNc1ccncn1. The second-order valence-electron chi connectivity index (χ2n) is 4.50. The van der Waals surface area contributed by atoms with E-state index in [0.717, 1.165) is 31.7 Å². The number of nitrogens with zero attached hydrogens (tertiary/aromatic N) is 2. The zero-order valence-corrected chi connectivity index (χ0v) is 9.53. The number of aromatic nitrogens is 2. The van der Waals surface area contributed by atoms with Crippen molar-refractivity contribution in [1.82, 2.24) is 9.97 Å². The number of anilines is 1. The number of hydrogen-bond acceptors (Lipinski definition) is 4. The van der Waals surface area contributed by atoms with Crippen molar-refractivity contribution in [3.63, 3.8) is 0 Å². The zero-order valence-electron chi connectivity index (χ0n) is 9.53. The maximum absolute atomic E-state index is 5.50. The van der Waals surface area contributed by atoms with E-state index >= 15 is 0 Å². The predicted molar refractivity (Wildman–Crippen MR) is 62.6 cm³/mol. The molecule has 1 aromatic rings. The Morgan fingerprint density at radius 1 is 1.47 bits per heavy atom. The van der Waals surface area contributed by atoms with Crippen molar-refractivity contribution in [2.24, 2.45) is 11.1 Å². The first-order valence-electron chi connectivity index (χ1n) is 5.34. The molecule has 0 atom stereocenters. The summed E-state index contributed by atoms with van der Waals surface area (Å²) >= 11 is 0. The molecule has 84 valence electrons. The van der Waals surface area contributed by atoms with E-state index in [0.29, 0.717) is 0 Å². The molecule has 1 aromatic heterocycles. The summed E-state index contributed by atoms with van der Waals surface area (Å²) in [7, 11) is 0. The van der Waals surface area contributed by atoms with E-state index in [1.807, 2.05) is 6.07 Å². The van der Waals surface area contributed by atoms with Crippen LogP contribution in [0.2, 0.25) is 0 Å². The van der Waals surface area contributed by atoms with Crippen molar-refractivity contribution >= 4 is 5.82 Å². The lowest BCUT2D eigenvalue weighted by Crippen LogP contribution is -2.24. The van der Waals surface area contributed by atoms with E-state index in [2.05, 4.69) is 29.1 Å². The van der Waals surface area contributed by atoms with Gasteiger partial charge < -0.3 is 11.1 Å². The molecule has 0 fully saturated rings. The fourth-order valence-electron chi connectivity index (χ4n) is 1.39. The van der Waals surface area contributed by atoms with Crippen LogP contribution in [0.15, 0.2) is 18.6 Å². The molecular weight excluding hydrogens is 188 g/mol. The first-order chi connectivity index (χ1) is 7.14. The van der Waals surface area contributed by atoms with Crippen LogP contribution in [0.25, 0.3) is 0 Å². The molecule has 3 N–H and O–H groups in total. The normalized spacial score (nSPS) is 11.4. The first kappa shape index (κ1) is 11.9. The number of nitrogens with two attached hydrogens (primary N) is 1. The van der Waals surface area contributed by atoms with Crippen molar-refractivity contribution in [3.05, 3.63) is 18.6 Å². The Hall–Kier alpha value is -1.16. The molecule has 0 aliphatic carbocycles. The minimum atomic E-state index is 0.254. The summed E-state index contributed by atoms with van der Waals surface area (Å²) in [5.74, 6) is 0.880. The van der Waals surface area contributed by atoms with Crippen molar-refractivity contribution in [1.29, 1.82) is 0 Å². The Labute approximate surface area is 91.3 Å². The van der Waals surface area contributed by atoms with Gasteiger partial charge in [0.1, 0.15) is 12.1 Å². The summed E-state index contributed by atoms with van der Waals surface area (Å²) < 4.78 is 0. The molecular formula is C11H20N4. The summed E-state index contributed by atoms with van der Waals surface area (Å²) in [4.78, 5) is 7.99. The topological polar surface area (TPSA) is 63.8 Å². The number of nitrogens with one attached hydrogen (secondary N) is 1. The maximum atomic E-state index is 5.50. The van der Waals surface area contributed by atoms with Crippen LogP contribution < -0.4 is 11.1 Å². The lowest BCUT2D eigenvalue weighted by atomic mass is 9.88. The molecule has 0 aliphatic rings. The molecule has 15 heavy (non-hydrogen) atoms. The van der Waals surface area contributed by atoms with Gasteiger partial charge in [-0.2, -0.15) is 0 Å². The number of hydrogen-bond donors (Lipinski definition) is 2. The van der Waals surface area contributed by atoms with Gasteiger partial charge >= 0.3 is 0 Å². The summed E-state index contributed by atoms with van der Waals surface area (Å²) in [6.07, 6.45) is 5.48. The van der Waals surface area contributed by atoms with Gasteiger partial charge in [0.2, 0.25) is 0 Å². The van der Waals surface area contributed by atoms with Gasteiger partial charge in [0.05, 0.1) is 0 Å². The molecule has 4 nitrogen and oxygen atoms in total. The van der Waals surface area contributed by atoms with Gasteiger partial charge in [0, 0.05) is 12.7 Å². The molecule has 0 amide bonds.